The fraction of sp³-hybridized carbons (Fsp3) is 0.467. The second kappa shape index (κ2) is 6.52. The third-order valence-electron chi connectivity index (χ3n) is 3.49. The SMILES string of the molecule is Cc1ccc(CN2CC(C(=O)NCCO)CC2=O)cc1. The Morgan fingerprint density at radius 2 is 2.10 bits per heavy atom. The second-order valence-corrected chi connectivity index (χ2v) is 5.18. The van der Waals surface area contributed by atoms with Crippen LogP contribution in [0.5, 0.6) is 0 Å². The van der Waals surface area contributed by atoms with Crippen molar-refractivity contribution in [2.45, 2.75) is 19.9 Å². The minimum atomic E-state index is -0.306. The largest absolute Gasteiger partial charge is 0.395 e. The Hall–Kier alpha value is -1.88. The molecule has 5 nitrogen and oxygen atoms in total. The maximum atomic E-state index is 11.9. The van der Waals surface area contributed by atoms with Gasteiger partial charge in [0, 0.05) is 26.1 Å². The van der Waals surface area contributed by atoms with Crippen molar-refractivity contribution >= 4 is 11.8 Å². The summed E-state index contributed by atoms with van der Waals surface area (Å²) in [6.45, 7) is 3.17. The highest BCUT2D eigenvalue weighted by Crippen LogP contribution is 2.20. The molecule has 1 aliphatic heterocycles. The molecule has 1 saturated heterocycles. The van der Waals surface area contributed by atoms with Crippen LogP contribution in [0.25, 0.3) is 0 Å². The van der Waals surface area contributed by atoms with E-state index in [0.717, 1.165) is 5.56 Å². The Morgan fingerprint density at radius 3 is 2.75 bits per heavy atom. The fourth-order valence-corrected chi connectivity index (χ4v) is 2.34. The standard InChI is InChI=1S/C15H20N2O3/c1-11-2-4-12(5-3-11)9-17-10-13(8-14(17)19)15(20)16-6-7-18/h2-5,13,18H,6-10H2,1H3,(H,16,20). The number of benzene rings is 1. The van der Waals surface area contributed by atoms with E-state index in [1.165, 1.54) is 5.56 Å². The van der Waals surface area contributed by atoms with Crippen molar-refractivity contribution in [2.24, 2.45) is 5.92 Å². The monoisotopic (exact) mass is 276 g/mol. The number of likely N-dealkylation sites (tertiary alicyclic amines) is 1. The molecule has 0 aliphatic carbocycles. The Labute approximate surface area is 118 Å². The van der Waals surface area contributed by atoms with E-state index in [2.05, 4.69) is 5.32 Å². The smallest absolute Gasteiger partial charge is 0.225 e. The van der Waals surface area contributed by atoms with Crippen LogP contribution in [0.4, 0.5) is 0 Å². The topological polar surface area (TPSA) is 69.6 Å². The van der Waals surface area contributed by atoms with Gasteiger partial charge < -0.3 is 15.3 Å². The first-order valence-electron chi connectivity index (χ1n) is 6.82. The van der Waals surface area contributed by atoms with Gasteiger partial charge in [-0.05, 0) is 12.5 Å². The molecule has 2 N–H and O–H groups in total. The number of hydrogen-bond donors (Lipinski definition) is 2. The molecule has 1 aliphatic rings. The number of nitrogens with zero attached hydrogens (tertiary/aromatic N) is 1. The number of carbonyl (C=O) groups is 2. The van der Waals surface area contributed by atoms with Gasteiger partial charge in [0.1, 0.15) is 0 Å². The van der Waals surface area contributed by atoms with Crippen LogP contribution < -0.4 is 5.32 Å². The fourth-order valence-electron chi connectivity index (χ4n) is 2.34. The van der Waals surface area contributed by atoms with Gasteiger partial charge in [0.15, 0.2) is 0 Å². The van der Waals surface area contributed by atoms with E-state index < -0.39 is 0 Å². The lowest BCUT2D eigenvalue weighted by Crippen LogP contribution is -2.34. The highest BCUT2D eigenvalue weighted by Gasteiger charge is 2.33. The predicted molar refractivity (Wildman–Crippen MR) is 74.8 cm³/mol. The molecule has 1 fully saturated rings. The van der Waals surface area contributed by atoms with Gasteiger partial charge >= 0.3 is 0 Å². The number of carbonyl (C=O) groups excluding carboxylic acids is 2. The molecule has 108 valence electrons. The third kappa shape index (κ3) is 3.57. The lowest BCUT2D eigenvalue weighted by atomic mass is 10.1. The predicted octanol–water partition coefficient (Wildman–Crippen LogP) is 0.452. The van der Waals surface area contributed by atoms with Gasteiger partial charge in [-0.2, -0.15) is 0 Å². The minimum absolute atomic E-state index is 0.00900. The van der Waals surface area contributed by atoms with Gasteiger partial charge in [0.2, 0.25) is 11.8 Å². The zero-order chi connectivity index (χ0) is 14.5. The minimum Gasteiger partial charge on any atom is -0.395 e. The highest BCUT2D eigenvalue weighted by molar-refractivity contribution is 5.89. The molecule has 1 aromatic carbocycles. The van der Waals surface area contributed by atoms with Crippen LogP contribution in [-0.4, -0.2) is 41.5 Å². The average molecular weight is 276 g/mol. The number of nitrogens with one attached hydrogen (secondary N) is 1. The van der Waals surface area contributed by atoms with E-state index in [9.17, 15) is 9.59 Å². The van der Waals surface area contributed by atoms with Crippen LogP contribution in [0.3, 0.4) is 0 Å². The van der Waals surface area contributed by atoms with E-state index in [0.29, 0.717) is 13.1 Å². The van der Waals surface area contributed by atoms with Crippen LogP contribution in [0.2, 0.25) is 0 Å². The molecule has 1 aromatic rings. The Bertz CT molecular complexity index is 484. The number of aryl methyl sites for hydroxylation is 1. The summed E-state index contributed by atoms with van der Waals surface area (Å²) in [6.07, 6.45) is 0.253. The van der Waals surface area contributed by atoms with Gasteiger partial charge in [-0.15, -0.1) is 0 Å². The zero-order valence-electron chi connectivity index (χ0n) is 11.6. The Kier molecular flexibility index (Phi) is 4.74. The molecule has 0 radical (unpaired) electrons. The first-order chi connectivity index (χ1) is 9.60. The number of aliphatic hydroxyl groups excluding tert-OH is 1. The lowest BCUT2D eigenvalue weighted by Gasteiger charge is -2.16. The first kappa shape index (κ1) is 14.5. The summed E-state index contributed by atoms with van der Waals surface area (Å²) in [5.41, 5.74) is 2.25. The van der Waals surface area contributed by atoms with Crippen LogP contribution in [0.1, 0.15) is 17.5 Å². The quantitative estimate of drug-likeness (QED) is 0.820. The van der Waals surface area contributed by atoms with Gasteiger partial charge in [-0.3, -0.25) is 9.59 Å². The van der Waals surface area contributed by atoms with Crippen LogP contribution in [0, 0.1) is 12.8 Å². The maximum absolute atomic E-state index is 11.9. The summed E-state index contributed by atoms with van der Waals surface area (Å²) in [5.74, 6) is -0.451. The van der Waals surface area contributed by atoms with Crippen molar-refractivity contribution in [2.75, 3.05) is 19.7 Å². The van der Waals surface area contributed by atoms with Crippen molar-refractivity contribution in [3.05, 3.63) is 35.4 Å². The summed E-state index contributed by atoms with van der Waals surface area (Å²) >= 11 is 0. The molecule has 1 heterocycles. The number of rotatable bonds is 5. The van der Waals surface area contributed by atoms with Crippen molar-refractivity contribution in [1.82, 2.24) is 10.2 Å². The van der Waals surface area contributed by atoms with E-state index in [1.807, 2.05) is 31.2 Å². The van der Waals surface area contributed by atoms with E-state index in [-0.39, 0.29) is 37.3 Å². The third-order valence-corrected chi connectivity index (χ3v) is 3.49. The Balaban J connectivity index is 1.92. The van der Waals surface area contributed by atoms with Crippen molar-refractivity contribution in [1.29, 1.82) is 0 Å². The molecule has 0 aromatic heterocycles. The summed E-state index contributed by atoms with van der Waals surface area (Å²) < 4.78 is 0. The lowest BCUT2D eigenvalue weighted by molar-refractivity contribution is -0.129. The van der Waals surface area contributed by atoms with Gasteiger partial charge in [0.25, 0.3) is 0 Å². The maximum Gasteiger partial charge on any atom is 0.225 e. The van der Waals surface area contributed by atoms with Gasteiger partial charge in [0.05, 0.1) is 12.5 Å². The first-order valence-corrected chi connectivity index (χ1v) is 6.82. The summed E-state index contributed by atoms with van der Waals surface area (Å²) in [7, 11) is 0. The van der Waals surface area contributed by atoms with E-state index in [1.54, 1.807) is 4.90 Å². The highest BCUT2D eigenvalue weighted by atomic mass is 16.3. The molecule has 0 bridgehead atoms. The summed E-state index contributed by atoms with van der Waals surface area (Å²) in [4.78, 5) is 25.4. The summed E-state index contributed by atoms with van der Waals surface area (Å²) in [5, 5.41) is 11.3. The van der Waals surface area contributed by atoms with Crippen molar-refractivity contribution < 1.29 is 14.7 Å². The van der Waals surface area contributed by atoms with Gasteiger partial charge in [-0.1, -0.05) is 29.8 Å². The number of hydrogen-bond acceptors (Lipinski definition) is 3. The second-order valence-electron chi connectivity index (χ2n) is 5.18. The zero-order valence-corrected chi connectivity index (χ0v) is 11.6. The molecule has 0 spiro atoms. The molecule has 2 amide bonds. The van der Waals surface area contributed by atoms with Crippen LogP contribution in [-0.2, 0) is 16.1 Å². The van der Waals surface area contributed by atoms with Crippen LogP contribution in [0.15, 0.2) is 24.3 Å². The molecule has 2 rings (SSSR count). The van der Waals surface area contributed by atoms with Gasteiger partial charge in [-0.25, -0.2) is 0 Å². The summed E-state index contributed by atoms with van der Waals surface area (Å²) in [6, 6.07) is 8.03. The van der Waals surface area contributed by atoms with E-state index >= 15 is 0 Å². The number of aliphatic hydroxyl groups is 1. The molecule has 1 atom stereocenters. The molecular weight excluding hydrogens is 256 g/mol. The van der Waals surface area contributed by atoms with Crippen molar-refractivity contribution in [3.8, 4) is 0 Å². The van der Waals surface area contributed by atoms with E-state index in [4.69, 9.17) is 5.11 Å². The average Bonchev–Trinajstić information content (AvgIpc) is 2.80. The van der Waals surface area contributed by atoms with Crippen molar-refractivity contribution in [3.63, 3.8) is 0 Å². The number of amides is 2. The molecular formula is C15H20N2O3. The molecule has 5 heteroatoms. The van der Waals surface area contributed by atoms with Crippen LogP contribution >= 0.6 is 0 Å². The molecule has 20 heavy (non-hydrogen) atoms. The molecule has 0 saturated carbocycles. The normalized spacial score (nSPS) is 18.4. The molecule has 1 unspecified atom stereocenters. The Morgan fingerprint density at radius 1 is 1.40 bits per heavy atom.